The Balaban J connectivity index is 2.46. The maximum atomic E-state index is 13.3. The summed E-state index contributed by atoms with van der Waals surface area (Å²) in [6.07, 6.45) is 0. The Morgan fingerprint density at radius 1 is 1.15 bits per heavy atom. The normalized spacial score (nSPS) is 11.3. The molecule has 2 aromatic carbocycles. The Kier molecular flexibility index (Phi) is 3.87. The van der Waals surface area contributed by atoms with E-state index < -0.39 is 15.8 Å². The Hall–Kier alpha value is -1.79. The molecule has 0 heterocycles. The van der Waals surface area contributed by atoms with Gasteiger partial charge in [0.1, 0.15) is 11.6 Å². The first kappa shape index (κ1) is 14.6. The molecule has 0 bridgehead atoms. The van der Waals surface area contributed by atoms with Crippen molar-refractivity contribution in [3.8, 4) is 5.75 Å². The molecule has 2 aromatic rings. The van der Waals surface area contributed by atoms with E-state index in [1.54, 1.807) is 0 Å². The molecule has 7 heteroatoms. The van der Waals surface area contributed by atoms with E-state index in [0.717, 1.165) is 16.4 Å². The Labute approximate surface area is 121 Å². The summed E-state index contributed by atoms with van der Waals surface area (Å²) in [6.45, 7) is 0. The molecule has 0 amide bonds. The van der Waals surface area contributed by atoms with E-state index >= 15 is 0 Å². The lowest BCUT2D eigenvalue weighted by atomic mass is 10.3. The second-order valence-corrected chi connectivity index (χ2v) is 6.50. The van der Waals surface area contributed by atoms with E-state index in [2.05, 4.69) is 0 Å². The third-order valence-electron chi connectivity index (χ3n) is 2.71. The third kappa shape index (κ3) is 2.86. The lowest BCUT2D eigenvalue weighted by Crippen LogP contribution is -2.26. The van der Waals surface area contributed by atoms with Crippen LogP contribution >= 0.6 is 11.6 Å². The topological polar surface area (TPSA) is 57.6 Å². The van der Waals surface area contributed by atoms with E-state index in [4.69, 9.17) is 11.6 Å². The van der Waals surface area contributed by atoms with Crippen molar-refractivity contribution in [1.82, 2.24) is 0 Å². The highest BCUT2D eigenvalue weighted by molar-refractivity contribution is 7.92. The quantitative estimate of drug-likeness (QED) is 0.947. The first-order chi connectivity index (χ1) is 9.30. The van der Waals surface area contributed by atoms with Crippen molar-refractivity contribution in [2.75, 3.05) is 11.4 Å². The summed E-state index contributed by atoms with van der Waals surface area (Å²) in [4.78, 5) is -0.238. The summed E-state index contributed by atoms with van der Waals surface area (Å²) in [6, 6.07) is 8.71. The highest BCUT2D eigenvalue weighted by atomic mass is 35.5. The Morgan fingerprint density at radius 3 is 2.30 bits per heavy atom. The summed E-state index contributed by atoms with van der Waals surface area (Å²) in [5.74, 6) is -0.705. The van der Waals surface area contributed by atoms with Crippen LogP contribution in [-0.2, 0) is 10.0 Å². The molecule has 106 valence electrons. The van der Waals surface area contributed by atoms with Crippen LogP contribution in [0.3, 0.4) is 0 Å². The molecule has 0 aliphatic carbocycles. The van der Waals surface area contributed by atoms with Gasteiger partial charge in [0.05, 0.1) is 10.6 Å². The zero-order valence-electron chi connectivity index (χ0n) is 10.4. The number of hydrogen-bond donors (Lipinski definition) is 1. The van der Waals surface area contributed by atoms with Crippen LogP contribution in [0.1, 0.15) is 0 Å². The SMILES string of the molecule is CN(c1ccc(O)cc1)S(=O)(=O)c1cc(F)cc(Cl)c1. The summed E-state index contributed by atoms with van der Waals surface area (Å²) >= 11 is 5.67. The van der Waals surface area contributed by atoms with Gasteiger partial charge in [-0.25, -0.2) is 12.8 Å². The summed E-state index contributed by atoms with van der Waals surface area (Å²) in [7, 11) is -2.59. The number of halogens is 2. The first-order valence-electron chi connectivity index (χ1n) is 5.55. The minimum Gasteiger partial charge on any atom is -0.508 e. The maximum absolute atomic E-state index is 13.3. The van der Waals surface area contributed by atoms with Crippen LogP contribution in [0.25, 0.3) is 0 Å². The van der Waals surface area contributed by atoms with Crippen molar-refractivity contribution < 1.29 is 17.9 Å². The molecule has 0 atom stereocenters. The standard InChI is InChI=1S/C13H11ClFNO3S/c1-16(11-2-4-12(17)5-3-11)20(18,19)13-7-9(14)6-10(15)8-13/h2-8,17H,1H3. The summed E-state index contributed by atoms with van der Waals surface area (Å²) in [5.41, 5.74) is 0.336. The molecule has 0 aliphatic rings. The number of nitrogens with zero attached hydrogens (tertiary/aromatic N) is 1. The van der Waals surface area contributed by atoms with Crippen molar-refractivity contribution in [2.45, 2.75) is 4.90 Å². The van der Waals surface area contributed by atoms with Gasteiger partial charge >= 0.3 is 0 Å². The van der Waals surface area contributed by atoms with Crippen molar-refractivity contribution >= 4 is 27.3 Å². The van der Waals surface area contributed by atoms with Crippen LogP contribution in [0.5, 0.6) is 5.75 Å². The monoisotopic (exact) mass is 315 g/mol. The van der Waals surface area contributed by atoms with Crippen LogP contribution in [0.15, 0.2) is 47.4 Å². The molecule has 0 aromatic heterocycles. The van der Waals surface area contributed by atoms with Gasteiger partial charge in [0.2, 0.25) is 0 Å². The van der Waals surface area contributed by atoms with Crippen LogP contribution in [0.2, 0.25) is 5.02 Å². The van der Waals surface area contributed by atoms with E-state index in [1.807, 2.05) is 0 Å². The molecule has 4 nitrogen and oxygen atoms in total. The number of aromatic hydroxyl groups is 1. The zero-order chi connectivity index (χ0) is 14.9. The molecule has 0 spiro atoms. The van der Waals surface area contributed by atoms with Gasteiger partial charge in [-0.3, -0.25) is 4.31 Å². The Morgan fingerprint density at radius 2 is 1.75 bits per heavy atom. The minimum atomic E-state index is -3.92. The minimum absolute atomic E-state index is 0.00248. The molecular weight excluding hydrogens is 305 g/mol. The Bertz CT molecular complexity index is 712. The number of hydrogen-bond acceptors (Lipinski definition) is 3. The fourth-order valence-corrected chi connectivity index (χ4v) is 3.18. The molecular formula is C13H11ClFNO3S. The van der Waals surface area contributed by atoms with Crippen molar-refractivity contribution in [1.29, 1.82) is 0 Å². The number of phenolic OH excluding ortho intramolecular Hbond substituents is 1. The van der Waals surface area contributed by atoms with Crippen molar-refractivity contribution in [3.63, 3.8) is 0 Å². The van der Waals surface area contributed by atoms with Gasteiger partial charge in [-0.15, -0.1) is 0 Å². The van der Waals surface area contributed by atoms with Gasteiger partial charge in [-0.2, -0.15) is 0 Å². The van der Waals surface area contributed by atoms with E-state index in [1.165, 1.54) is 37.4 Å². The zero-order valence-corrected chi connectivity index (χ0v) is 12.0. The van der Waals surface area contributed by atoms with E-state index in [9.17, 15) is 17.9 Å². The van der Waals surface area contributed by atoms with Crippen molar-refractivity contribution in [2.24, 2.45) is 0 Å². The van der Waals surface area contributed by atoms with Gasteiger partial charge < -0.3 is 5.11 Å². The number of rotatable bonds is 3. The molecule has 0 radical (unpaired) electrons. The van der Waals surface area contributed by atoms with Gasteiger partial charge in [0, 0.05) is 12.1 Å². The molecule has 0 fully saturated rings. The number of benzene rings is 2. The van der Waals surface area contributed by atoms with Gasteiger partial charge in [-0.1, -0.05) is 11.6 Å². The molecule has 0 saturated carbocycles. The van der Waals surface area contributed by atoms with Crippen molar-refractivity contribution in [3.05, 3.63) is 53.3 Å². The molecule has 1 N–H and O–H groups in total. The second kappa shape index (κ2) is 5.30. The van der Waals surface area contributed by atoms with Crippen LogP contribution in [-0.4, -0.2) is 20.6 Å². The summed E-state index contributed by atoms with van der Waals surface area (Å²) < 4.78 is 39.0. The predicted molar refractivity (Wildman–Crippen MR) is 75.1 cm³/mol. The van der Waals surface area contributed by atoms with Crippen LogP contribution in [0, 0.1) is 5.82 Å². The fraction of sp³-hybridized carbons (Fsp3) is 0.0769. The largest absolute Gasteiger partial charge is 0.508 e. The number of phenols is 1. The number of sulfonamides is 1. The second-order valence-electron chi connectivity index (χ2n) is 4.09. The molecule has 2 rings (SSSR count). The highest BCUT2D eigenvalue weighted by Crippen LogP contribution is 2.26. The first-order valence-corrected chi connectivity index (χ1v) is 7.36. The van der Waals surface area contributed by atoms with Gasteiger partial charge in [-0.05, 0) is 42.5 Å². The van der Waals surface area contributed by atoms with Gasteiger partial charge in [0.25, 0.3) is 10.0 Å². The van der Waals surface area contributed by atoms with E-state index in [0.29, 0.717) is 5.69 Å². The van der Waals surface area contributed by atoms with Crippen LogP contribution in [0.4, 0.5) is 10.1 Å². The van der Waals surface area contributed by atoms with Crippen LogP contribution < -0.4 is 4.31 Å². The molecule has 0 aliphatic heterocycles. The smallest absolute Gasteiger partial charge is 0.264 e. The maximum Gasteiger partial charge on any atom is 0.264 e. The average Bonchev–Trinajstić information content (AvgIpc) is 2.37. The third-order valence-corrected chi connectivity index (χ3v) is 4.69. The molecule has 20 heavy (non-hydrogen) atoms. The lowest BCUT2D eigenvalue weighted by molar-refractivity contribution is 0.475. The molecule has 0 saturated heterocycles. The number of anilines is 1. The lowest BCUT2D eigenvalue weighted by Gasteiger charge is -2.19. The predicted octanol–water partition coefficient (Wildman–Crippen LogP) is 3.01. The molecule has 0 unspecified atom stereocenters. The highest BCUT2D eigenvalue weighted by Gasteiger charge is 2.22. The average molecular weight is 316 g/mol. The fourth-order valence-electron chi connectivity index (χ4n) is 1.64. The van der Waals surface area contributed by atoms with Gasteiger partial charge in [0.15, 0.2) is 0 Å². The van der Waals surface area contributed by atoms with E-state index in [-0.39, 0.29) is 15.7 Å². The summed E-state index contributed by atoms with van der Waals surface area (Å²) in [5, 5.41) is 9.20.